The minimum absolute atomic E-state index is 0.103. The van der Waals surface area contributed by atoms with E-state index in [1.807, 2.05) is 12.1 Å². The van der Waals surface area contributed by atoms with E-state index in [1.165, 1.54) is 0 Å². The largest absolute Gasteiger partial charge is 0.443 e. The van der Waals surface area contributed by atoms with Crippen LogP contribution in [0.5, 0.6) is 0 Å². The van der Waals surface area contributed by atoms with Crippen molar-refractivity contribution in [2.75, 3.05) is 5.32 Å². The second-order valence-electron chi connectivity index (χ2n) is 10.5. The lowest BCUT2D eigenvalue weighted by Gasteiger charge is -2.61. The fourth-order valence-corrected chi connectivity index (χ4v) is 5.94. The maximum absolute atomic E-state index is 15.3. The van der Waals surface area contributed by atoms with E-state index in [0.29, 0.717) is 35.9 Å². The number of nitrogens with one attached hydrogen (secondary N) is 3. The maximum Gasteiger partial charge on any atom is 0.407 e. The number of halogens is 1. The Morgan fingerprint density at radius 1 is 1.29 bits per heavy atom. The Bertz CT molecular complexity index is 1560. The molecule has 4 aromatic rings. The van der Waals surface area contributed by atoms with Crippen LogP contribution in [0.25, 0.3) is 16.8 Å². The number of rotatable bonds is 6. The number of fused-ring (bicyclic) bond motifs is 1. The van der Waals surface area contributed by atoms with Crippen molar-refractivity contribution in [2.24, 2.45) is 5.92 Å². The number of imidazole rings is 1. The van der Waals surface area contributed by atoms with Gasteiger partial charge in [-0.25, -0.2) is 19.2 Å². The van der Waals surface area contributed by atoms with Gasteiger partial charge in [-0.1, -0.05) is 6.07 Å². The Labute approximate surface area is 216 Å². The summed E-state index contributed by atoms with van der Waals surface area (Å²) in [6.07, 6.45) is 7.97. The molecule has 4 heterocycles. The van der Waals surface area contributed by atoms with Gasteiger partial charge in [0.25, 0.3) is 0 Å². The van der Waals surface area contributed by atoms with E-state index in [9.17, 15) is 10.1 Å². The molecular formula is C26H24FN9O2. The lowest BCUT2D eigenvalue weighted by molar-refractivity contribution is -0.0532. The quantitative estimate of drug-likeness (QED) is 0.351. The van der Waals surface area contributed by atoms with Crippen LogP contribution in [-0.2, 0) is 4.74 Å². The first-order valence-electron chi connectivity index (χ1n) is 12.6. The van der Waals surface area contributed by atoms with E-state index in [4.69, 9.17) is 4.74 Å². The Kier molecular flexibility index (Phi) is 5.07. The first kappa shape index (κ1) is 22.7. The van der Waals surface area contributed by atoms with Gasteiger partial charge >= 0.3 is 6.09 Å². The number of carbonyl (C=O) groups excluding carboxylic acids is 1. The molecular weight excluding hydrogens is 489 g/mol. The molecule has 0 unspecified atom stereocenters. The number of ether oxygens (including phenoxy) is 1. The Hall–Kier alpha value is -4.53. The molecule has 8 rings (SSSR count). The standard InChI is InChI=1S/C26H24FN9O2/c27-22-17(3-4-20(22)38-25(37)33-26-7-14(8-26)9-26)19-6-21(35-34-19)32-24-30-12-18(15-2-1-5-29-11-15)23-31-16(10-28)13-36(23)24/h1-2,5-6,11-14,17,20,22H,3-4,7-9H2,(H,33,37)(H2,30,32,34,35)/t14?,17-,20-,22+,26?/m0/s1. The van der Waals surface area contributed by atoms with Crippen molar-refractivity contribution >= 4 is 23.5 Å². The van der Waals surface area contributed by atoms with Gasteiger partial charge in [-0.2, -0.15) is 10.4 Å². The summed E-state index contributed by atoms with van der Waals surface area (Å²) in [5, 5.41) is 22.7. The molecule has 4 fully saturated rings. The van der Waals surface area contributed by atoms with Crippen molar-refractivity contribution < 1.29 is 13.9 Å². The molecule has 4 aromatic heterocycles. The smallest absolute Gasteiger partial charge is 0.407 e. The summed E-state index contributed by atoms with van der Waals surface area (Å²) in [6.45, 7) is 0. The molecule has 12 heteroatoms. The van der Waals surface area contributed by atoms with E-state index in [0.717, 1.165) is 36.3 Å². The van der Waals surface area contributed by atoms with Gasteiger partial charge in [0, 0.05) is 52.9 Å². The first-order chi connectivity index (χ1) is 18.5. The number of anilines is 2. The minimum Gasteiger partial charge on any atom is -0.443 e. The van der Waals surface area contributed by atoms with Crippen LogP contribution in [0.3, 0.4) is 0 Å². The fraction of sp³-hybridized carbons (Fsp3) is 0.385. The van der Waals surface area contributed by atoms with Crippen LogP contribution in [0, 0.1) is 17.2 Å². The number of alkyl carbamates (subject to hydrolysis) is 1. The first-order valence-corrected chi connectivity index (χ1v) is 12.6. The number of hydrogen-bond acceptors (Lipinski definition) is 8. The van der Waals surface area contributed by atoms with E-state index in [2.05, 4.69) is 41.9 Å². The van der Waals surface area contributed by atoms with Crippen molar-refractivity contribution in [3.63, 3.8) is 0 Å². The summed E-state index contributed by atoms with van der Waals surface area (Å²) >= 11 is 0. The van der Waals surface area contributed by atoms with E-state index in [-0.39, 0.29) is 11.2 Å². The SMILES string of the molecule is N#Cc1cn2c(Nc3cc([C@@H]4CC[C@H](OC(=O)NC56CC(C5)C6)[C@@H]4F)[nH]n3)ncc(-c3cccnc3)c2n1. The molecule has 0 aliphatic heterocycles. The average molecular weight is 514 g/mol. The van der Waals surface area contributed by atoms with Gasteiger partial charge in [0.05, 0.1) is 6.20 Å². The second kappa shape index (κ2) is 8.51. The zero-order valence-corrected chi connectivity index (χ0v) is 20.3. The molecule has 38 heavy (non-hydrogen) atoms. The molecule has 0 saturated heterocycles. The normalized spacial score (nSPS) is 27.3. The molecule has 1 amide bonds. The van der Waals surface area contributed by atoms with Gasteiger partial charge < -0.3 is 15.4 Å². The summed E-state index contributed by atoms with van der Waals surface area (Å²) in [5.74, 6) is 1.10. The molecule has 4 saturated carbocycles. The molecule has 192 valence electrons. The zero-order chi connectivity index (χ0) is 25.9. The monoisotopic (exact) mass is 513 g/mol. The Morgan fingerprint density at radius 2 is 2.16 bits per heavy atom. The summed E-state index contributed by atoms with van der Waals surface area (Å²) in [4.78, 5) is 25.4. The number of pyridine rings is 1. The topological polar surface area (TPSA) is 146 Å². The van der Waals surface area contributed by atoms with Crippen LogP contribution in [-0.4, -0.2) is 53.5 Å². The van der Waals surface area contributed by atoms with Crippen molar-refractivity contribution in [2.45, 2.75) is 55.8 Å². The number of amides is 1. The fourth-order valence-electron chi connectivity index (χ4n) is 5.94. The van der Waals surface area contributed by atoms with Crippen LogP contribution in [0.15, 0.2) is 43.0 Å². The van der Waals surface area contributed by atoms with Crippen LogP contribution < -0.4 is 10.6 Å². The summed E-state index contributed by atoms with van der Waals surface area (Å²) in [7, 11) is 0. The molecule has 3 N–H and O–H groups in total. The third-order valence-electron chi connectivity index (χ3n) is 7.98. The molecule has 0 spiro atoms. The van der Waals surface area contributed by atoms with Crippen molar-refractivity contribution in [1.29, 1.82) is 5.26 Å². The van der Waals surface area contributed by atoms with Crippen LogP contribution >= 0.6 is 0 Å². The van der Waals surface area contributed by atoms with Crippen LogP contribution in [0.2, 0.25) is 0 Å². The molecule has 4 aliphatic carbocycles. The number of hydrogen-bond donors (Lipinski definition) is 3. The van der Waals surface area contributed by atoms with E-state index >= 15 is 4.39 Å². The lowest BCUT2D eigenvalue weighted by Crippen LogP contribution is -2.68. The highest BCUT2D eigenvalue weighted by atomic mass is 19.1. The molecule has 4 aliphatic rings. The highest BCUT2D eigenvalue weighted by Crippen LogP contribution is 2.57. The maximum atomic E-state index is 15.3. The summed E-state index contributed by atoms with van der Waals surface area (Å²) < 4.78 is 22.4. The number of alkyl halides is 1. The number of nitrogens with zero attached hydrogens (tertiary/aromatic N) is 6. The van der Waals surface area contributed by atoms with E-state index < -0.39 is 24.3 Å². The molecule has 0 radical (unpaired) electrons. The van der Waals surface area contributed by atoms with Gasteiger partial charge in [0.2, 0.25) is 5.95 Å². The van der Waals surface area contributed by atoms with E-state index in [1.54, 1.807) is 35.3 Å². The van der Waals surface area contributed by atoms with Crippen LogP contribution in [0.4, 0.5) is 21.0 Å². The van der Waals surface area contributed by atoms with Gasteiger partial charge in [0.15, 0.2) is 17.2 Å². The number of nitriles is 1. The highest BCUT2D eigenvalue weighted by molar-refractivity contribution is 5.78. The molecule has 0 aromatic carbocycles. The molecule has 11 nitrogen and oxygen atoms in total. The van der Waals surface area contributed by atoms with Gasteiger partial charge in [-0.15, -0.1) is 0 Å². The van der Waals surface area contributed by atoms with Crippen LogP contribution in [0.1, 0.15) is 49.4 Å². The number of carbonyl (C=O) groups is 1. The Morgan fingerprint density at radius 3 is 2.89 bits per heavy atom. The highest BCUT2D eigenvalue weighted by Gasteiger charge is 2.58. The second-order valence-corrected chi connectivity index (χ2v) is 10.5. The summed E-state index contributed by atoms with van der Waals surface area (Å²) in [6, 6.07) is 7.50. The predicted molar refractivity (Wildman–Crippen MR) is 133 cm³/mol. The minimum atomic E-state index is -1.34. The number of aromatic amines is 1. The molecule has 3 atom stereocenters. The summed E-state index contributed by atoms with van der Waals surface area (Å²) in [5.41, 5.74) is 2.83. The third kappa shape index (κ3) is 3.73. The van der Waals surface area contributed by atoms with Crippen molar-refractivity contribution in [3.8, 4) is 17.2 Å². The molecule has 2 bridgehead atoms. The Balaban J connectivity index is 1.07. The number of aromatic nitrogens is 6. The zero-order valence-electron chi connectivity index (χ0n) is 20.3. The lowest BCUT2D eigenvalue weighted by atomic mass is 9.50. The third-order valence-corrected chi connectivity index (χ3v) is 7.98. The van der Waals surface area contributed by atoms with Gasteiger partial charge in [0.1, 0.15) is 18.3 Å². The van der Waals surface area contributed by atoms with Gasteiger partial charge in [-0.3, -0.25) is 14.5 Å². The average Bonchev–Trinajstić information content (AvgIpc) is 3.61. The number of H-pyrrole nitrogens is 1. The van der Waals surface area contributed by atoms with Crippen molar-refractivity contribution in [1.82, 2.24) is 34.9 Å². The predicted octanol–water partition coefficient (Wildman–Crippen LogP) is 3.99. The van der Waals surface area contributed by atoms with Crippen molar-refractivity contribution in [3.05, 3.63) is 54.4 Å². The van der Waals surface area contributed by atoms with Gasteiger partial charge in [-0.05, 0) is 44.1 Å².